The van der Waals surface area contributed by atoms with E-state index in [4.69, 9.17) is 4.74 Å². The van der Waals surface area contributed by atoms with Crippen LogP contribution in [0.4, 0.5) is 10.1 Å². The smallest absolute Gasteiger partial charge is 0.322 e. The van der Waals surface area contributed by atoms with E-state index in [9.17, 15) is 12.8 Å². The number of aromatic nitrogens is 4. The van der Waals surface area contributed by atoms with E-state index in [2.05, 4.69) is 19.8 Å². The maximum absolute atomic E-state index is 13.8. The fraction of sp³-hybridized carbons (Fsp3) is 0.316. The van der Waals surface area contributed by atoms with Gasteiger partial charge < -0.3 is 4.74 Å². The number of sulfonamides is 1. The summed E-state index contributed by atoms with van der Waals surface area (Å²) < 4.78 is 49.4. The van der Waals surface area contributed by atoms with Crippen LogP contribution in [0.5, 0.6) is 11.8 Å². The predicted octanol–water partition coefficient (Wildman–Crippen LogP) is 3.66. The first-order chi connectivity index (χ1) is 13.6. The molecule has 0 radical (unpaired) electrons. The number of hydrogen-bond acceptors (Lipinski definition) is 6. The minimum Gasteiger partial charge on any atom is -0.421 e. The van der Waals surface area contributed by atoms with Gasteiger partial charge in [0.05, 0.1) is 28.5 Å². The zero-order valence-electron chi connectivity index (χ0n) is 16.8. The van der Waals surface area contributed by atoms with E-state index in [1.165, 1.54) is 12.1 Å². The van der Waals surface area contributed by atoms with Crippen molar-refractivity contribution >= 4 is 15.7 Å². The Labute approximate surface area is 168 Å². The van der Waals surface area contributed by atoms with Crippen molar-refractivity contribution in [2.24, 2.45) is 0 Å². The number of nitrogens with zero attached hydrogens (tertiary/aromatic N) is 4. The molecule has 0 unspecified atom stereocenters. The fourth-order valence-electron chi connectivity index (χ4n) is 3.07. The van der Waals surface area contributed by atoms with Gasteiger partial charge in [0.25, 0.3) is 10.0 Å². The second kappa shape index (κ2) is 7.78. The summed E-state index contributed by atoms with van der Waals surface area (Å²) in [7, 11) is -3.90. The topological polar surface area (TPSA) is 99.0 Å². The molecule has 1 aromatic carbocycles. The highest BCUT2D eigenvalue weighted by Crippen LogP contribution is 2.28. The van der Waals surface area contributed by atoms with Crippen LogP contribution in [-0.2, 0) is 16.6 Å². The van der Waals surface area contributed by atoms with Gasteiger partial charge in [0.1, 0.15) is 4.90 Å². The van der Waals surface area contributed by atoms with E-state index in [1.54, 1.807) is 44.5 Å². The third kappa shape index (κ3) is 4.07. The van der Waals surface area contributed by atoms with Gasteiger partial charge in [-0.05, 0) is 46.8 Å². The van der Waals surface area contributed by atoms with Gasteiger partial charge in [-0.15, -0.1) is 0 Å². The van der Waals surface area contributed by atoms with E-state index >= 15 is 0 Å². The zero-order valence-corrected chi connectivity index (χ0v) is 17.6. The number of para-hydroxylation sites is 1. The Balaban J connectivity index is 1.94. The second-order valence-corrected chi connectivity index (χ2v) is 8.12. The summed E-state index contributed by atoms with van der Waals surface area (Å²) in [5, 5.41) is 4.26. The molecular weight excluding hydrogens is 397 g/mol. The molecule has 3 aromatic rings. The SMILES string of the molecule is CCn1nc(C)c(S(=O)(=O)Nc2c(C)nc(Oc3ccccc3F)nc2C)c1C. The van der Waals surface area contributed by atoms with Crippen LogP contribution in [0.25, 0.3) is 0 Å². The molecule has 0 bridgehead atoms. The van der Waals surface area contributed by atoms with Crippen molar-refractivity contribution < 1.29 is 17.5 Å². The lowest BCUT2D eigenvalue weighted by molar-refractivity contribution is 0.409. The highest BCUT2D eigenvalue weighted by atomic mass is 32.2. The molecule has 0 aliphatic heterocycles. The Hall–Kier alpha value is -3.01. The molecule has 0 saturated heterocycles. The molecule has 8 nitrogen and oxygen atoms in total. The quantitative estimate of drug-likeness (QED) is 0.655. The number of ether oxygens (including phenoxy) is 1. The van der Waals surface area contributed by atoms with Crippen molar-refractivity contribution in [2.75, 3.05) is 4.72 Å². The van der Waals surface area contributed by atoms with Gasteiger partial charge in [-0.2, -0.15) is 15.1 Å². The first-order valence-electron chi connectivity index (χ1n) is 8.98. The Morgan fingerprint density at radius 3 is 2.24 bits per heavy atom. The van der Waals surface area contributed by atoms with Crippen molar-refractivity contribution in [1.82, 2.24) is 19.7 Å². The third-order valence-electron chi connectivity index (χ3n) is 4.41. The largest absolute Gasteiger partial charge is 0.421 e. The van der Waals surface area contributed by atoms with Crippen LogP contribution >= 0.6 is 0 Å². The highest BCUT2D eigenvalue weighted by Gasteiger charge is 2.26. The fourth-order valence-corrected chi connectivity index (χ4v) is 4.66. The van der Waals surface area contributed by atoms with E-state index in [0.29, 0.717) is 29.3 Å². The lowest BCUT2D eigenvalue weighted by Crippen LogP contribution is -2.17. The Kier molecular flexibility index (Phi) is 5.56. The highest BCUT2D eigenvalue weighted by molar-refractivity contribution is 7.92. The van der Waals surface area contributed by atoms with Gasteiger partial charge in [-0.3, -0.25) is 9.40 Å². The molecule has 0 aliphatic rings. The average molecular weight is 419 g/mol. The monoisotopic (exact) mass is 419 g/mol. The van der Waals surface area contributed by atoms with Crippen molar-refractivity contribution in [1.29, 1.82) is 0 Å². The molecule has 10 heteroatoms. The number of hydrogen-bond donors (Lipinski definition) is 1. The molecule has 2 heterocycles. The van der Waals surface area contributed by atoms with Crippen molar-refractivity contribution in [3.63, 3.8) is 0 Å². The molecule has 3 rings (SSSR count). The number of halogens is 1. The summed E-state index contributed by atoms with van der Waals surface area (Å²) in [6, 6.07) is 5.82. The van der Waals surface area contributed by atoms with E-state index in [-0.39, 0.29) is 22.3 Å². The molecule has 0 spiro atoms. The van der Waals surface area contributed by atoms with Crippen LogP contribution in [-0.4, -0.2) is 28.2 Å². The van der Waals surface area contributed by atoms with E-state index < -0.39 is 15.8 Å². The Morgan fingerprint density at radius 2 is 1.69 bits per heavy atom. The van der Waals surface area contributed by atoms with Crippen LogP contribution in [0, 0.1) is 33.5 Å². The van der Waals surface area contributed by atoms with Crippen molar-refractivity contribution in [3.05, 3.63) is 52.9 Å². The lowest BCUT2D eigenvalue weighted by atomic mass is 10.3. The van der Waals surface area contributed by atoms with E-state index in [1.807, 2.05) is 6.92 Å². The van der Waals surface area contributed by atoms with Gasteiger partial charge in [0, 0.05) is 6.54 Å². The molecule has 29 heavy (non-hydrogen) atoms. The minimum absolute atomic E-state index is 0.0159. The first-order valence-corrected chi connectivity index (χ1v) is 10.5. The summed E-state index contributed by atoms with van der Waals surface area (Å²) in [4.78, 5) is 8.46. The number of anilines is 1. The number of benzene rings is 1. The van der Waals surface area contributed by atoms with Gasteiger partial charge in [0.15, 0.2) is 11.6 Å². The van der Waals surface area contributed by atoms with Gasteiger partial charge >= 0.3 is 6.01 Å². The number of aryl methyl sites for hydroxylation is 4. The number of nitrogens with one attached hydrogen (secondary N) is 1. The average Bonchev–Trinajstić information content (AvgIpc) is 2.94. The van der Waals surface area contributed by atoms with Crippen LogP contribution in [0.2, 0.25) is 0 Å². The maximum atomic E-state index is 13.8. The van der Waals surface area contributed by atoms with Crippen LogP contribution < -0.4 is 9.46 Å². The van der Waals surface area contributed by atoms with Gasteiger partial charge in [-0.1, -0.05) is 12.1 Å². The summed E-state index contributed by atoms with van der Waals surface area (Å²) in [5.74, 6) is -0.562. The summed E-state index contributed by atoms with van der Waals surface area (Å²) in [6.07, 6.45) is 0. The molecule has 0 aliphatic carbocycles. The van der Waals surface area contributed by atoms with Crippen molar-refractivity contribution in [2.45, 2.75) is 46.1 Å². The zero-order chi connectivity index (χ0) is 21.3. The maximum Gasteiger partial charge on any atom is 0.322 e. The van der Waals surface area contributed by atoms with E-state index in [0.717, 1.165) is 0 Å². The standard InChI is InChI=1S/C19H22FN5O3S/c1-6-25-14(5)18(13(4)23-25)29(26,27)24-17-11(2)21-19(22-12(17)3)28-16-10-8-7-9-15(16)20/h7-10,24H,6H2,1-5H3. The first kappa shape index (κ1) is 20.7. The second-order valence-electron chi connectivity index (χ2n) is 6.51. The molecule has 154 valence electrons. The lowest BCUT2D eigenvalue weighted by Gasteiger charge is -2.14. The Bertz CT molecular complexity index is 1150. The summed E-state index contributed by atoms with van der Waals surface area (Å²) >= 11 is 0. The summed E-state index contributed by atoms with van der Waals surface area (Å²) in [5.41, 5.74) is 1.91. The number of rotatable bonds is 6. The van der Waals surface area contributed by atoms with Gasteiger partial charge in [-0.25, -0.2) is 12.8 Å². The van der Waals surface area contributed by atoms with Gasteiger partial charge in [0.2, 0.25) is 0 Å². The summed E-state index contributed by atoms with van der Waals surface area (Å²) in [6.45, 7) is 9.05. The van der Waals surface area contributed by atoms with Crippen LogP contribution in [0.1, 0.15) is 29.7 Å². The molecule has 0 fully saturated rings. The molecule has 2 aromatic heterocycles. The van der Waals surface area contributed by atoms with Crippen LogP contribution in [0.15, 0.2) is 29.2 Å². The normalized spacial score (nSPS) is 11.5. The molecule has 1 N–H and O–H groups in total. The Morgan fingerprint density at radius 1 is 1.07 bits per heavy atom. The molecule has 0 amide bonds. The predicted molar refractivity (Wildman–Crippen MR) is 106 cm³/mol. The van der Waals surface area contributed by atoms with Crippen molar-refractivity contribution in [3.8, 4) is 11.8 Å². The minimum atomic E-state index is -3.90. The van der Waals surface area contributed by atoms with Crippen LogP contribution in [0.3, 0.4) is 0 Å². The molecule has 0 saturated carbocycles. The molecular formula is C19H22FN5O3S. The third-order valence-corrected chi connectivity index (χ3v) is 6.01. The molecule has 0 atom stereocenters.